The normalized spacial score (nSPS) is 17.4. The van der Waals surface area contributed by atoms with Crippen molar-refractivity contribution >= 4 is 17.2 Å². The van der Waals surface area contributed by atoms with Gasteiger partial charge in [0.2, 0.25) is 0 Å². The van der Waals surface area contributed by atoms with Gasteiger partial charge in [0, 0.05) is 18.1 Å². The number of hydrogen-bond donors (Lipinski definition) is 0. The van der Waals surface area contributed by atoms with E-state index in [4.69, 9.17) is 0 Å². The van der Waals surface area contributed by atoms with E-state index in [0.717, 1.165) is 30.8 Å². The number of nitrogens with zero attached hydrogens (tertiary/aromatic N) is 5. The minimum atomic E-state index is -0.0547. The first-order chi connectivity index (χ1) is 12.7. The molecule has 2 aromatic heterocycles. The SMILES string of the molecule is Cc1ccccc1Cn1cc(C(=O)N2CCCCC2c2nccs2)nn1. The topological polar surface area (TPSA) is 63.9 Å². The fourth-order valence-corrected chi connectivity index (χ4v) is 4.20. The Morgan fingerprint density at radius 2 is 2.19 bits per heavy atom. The second kappa shape index (κ2) is 7.37. The van der Waals surface area contributed by atoms with Crippen molar-refractivity contribution in [2.45, 2.75) is 38.8 Å². The van der Waals surface area contributed by atoms with Crippen molar-refractivity contribution in [2.24, 2.45) is 0 Å². The Balaban J connectivity index is 1.53. The Labute approximate surface area is 156 Å². The quantitative estimate of drug-likeness (QED) is 0.708. The van der Waals surface area contributed by atoms with Gasteiger partial charge in [-0.05, 0) is 37.3 Å². The van der Waals surface area contributed by atoms with E-state index in [1.54, 1.807) is 28.4 Å². The first-order valence-corrected chi connectivity index (χ1v) is 9.75. The van der Waals surface area contributed by atoms with Crippen LogP contribution in [-0.2, 0) is 6.54 Å². The zero-order valence-corrected chi connectivity index (χ0v) is 15.5. The summed E-state index contributed by atoms with van der Waals surface area (Å²) in [4.78, 5) is 19.4. The third-order valence-electron chi connectivity index (χ3n) is 4.85. The van der Waals surface area contributed by atoms with Gasteiger partial charge in [-0.15, -0.1) is 16.4 Å². The molecule has 1 atom stereocenters. The van der Waals surface area contributed by atoms with E-state index in [1.807, 2.05) is 22.4 Å². The van der Waals surface area contributed by atoms with Gasteiger partial charge in [-0.1, -0.05) is 29.5 Å². The van der Waals surface area contributed by atoms with Gasteiger partial charge in [0.15, 0.2) is 5.69 Å². The van der Waals surface area contributed by atoms with E-state index >= 15 is 0 Å². The number of carbonyl (C=O) groups is 1. The van der Waals surface area contributed by atoms with Crippen LogP contribution in [0.1, 0.15) is 51.9 Å². The van der Waals surface area contributed by atoms with Gasteiger partial charge in [-0.2, -0.15) is 0 Å². The second-order valence-corrected chi connectivity index (χ2v) is 7.53. The highest BCUT2D eigenvalue weighted by Gasteiger charge is 2.31. The molecule has 26 heavy (non-hydrogen) atoms. The summed E-state index contributed by atoms with van der Waals surface area (Å²) in [5.74, 6) is -0.0547. The fourth-order valence-electron chi connectivity index (χ4n) is 3.41. The van der Waals surface area contributed by atoms with Crippen LogP contribution in [0.2, 0.25) is 0 Å². The van der Waals surface area contributed by atoms with Crippen LogP contribution in [0.15, 0.2) is 42.0 Å². The van der Waals surface area contributed by atoms with Crippen LogP contribution in [0, 0.1) is 6.92 Å². The lowest BCUT2D eigenvalue weighted by Gasteiger charge is -2.33. The second-order valence-electron chi connectivity index (χ2n) is 6.61. The molecule has 0 aliphatic carbocycles. The zero-order valence-electron chi connectivity index (χ0n) is 14.7. The number of aryl methyl sites for hydroxylation is 1. The smallest absolute Gasteiger partial charge is 0.276 e. The number of hydrogen-bond acceptors (Lipinski definition) is 5. The predicted octanol–water partition coefficient (Wildman–Crippen LogP) is 3.46. The molecule has 0 N–H and O–H groups in total. The Kier molecular flexibility index (Phi) is 4.79. The molecule has 0 spiro atoms. The van der Waals surface area contributed by atoms with Gasteiger partial charge in [0.25, 0.3) is 5.91 Å². The summed E-state index contributed by atoms with van der Waals surface area (Å²) in [5.41, 5.74) is 2.79. The fraction of sp³-hybridized carbons (Fsp3) is 0.368. The molecule has 1 amide bonds. The molecule has 1 saturated heterocycles. The molecule has 1 aromatic carbocycles. The van der Waals surface area contributed by atoms with Crippen molar-refractivity contribution in [3.63, 3.8) is 0 Å². The van der Waals surface area contributed by atoms with Crippen molar-refractivity contribution in [3.8, 4) is 0 Å². The third-order valence-corrected chi connectivity index (χ3v) is 5.73. The molecule has 1 fully saturated rings. The largest absolute Gasteiger partial charge is 0.328 e. The highest BCUT2D eigenvalue weighted by atomic mass is 32.1. The maximum atomic E-state index is 13.0. The van der Waals surface area contributed by atoms with Crippen LogP contribution < -0.4 is 0 Å². The van der Waals surface area contributed by atoms with Crippen LogP contribution >= 0.6 is 11.3 Å². The number of piperidine rings is 1. The number of amides is 1. The van der Waals surface area contributed by atoms with E-state index in [0.29, 0.717) is 12.2 Å². The molecule has 3 heterocycles. The van der Waals surface area contributed by atoms with Gasteiger partial charge in [-0.3, -0.25) is 4.79 Å². The van der Waals surface area contributed by atoms with Crippen molar-refractivity contribution < 1.29 is 4.79 Å². The highest BCUT2D eigenvalue weighted by molar-refractivity contribution is 7.09. The van der Waals surface area contributed by atoms with Gasteiger partial charge < -0.3 is 4.90 Å². The van der Waals surface area contributed by atoms with E-state index < -0.39 is 0 Å². The maximum absolute atomic E-state index is 13.0. The summed E-state index contributed by atoms with van der Waals surface area (Å²) >= 11 is 1.61. The number of thiazole rings is 1. The van der Waals surface area contributed by atoms with Crippen LogP contribution in [0.3, 0.4) is 0 Å². The van der Waals surface area contributed by atoms with Crippen molar-refractivity contribution in [3.05, 3.63) is 63.9 Å². The lowest BCUT2D eigenvalue weighted by Crippen LogP contribution is -2.38. The molecule has 1 aliphatic heterocycles. The minimum absolute atomic E-state index is 0.0535. The zero-order chi connectivity index (χ0) is 17.9. The van der Waals surface area contributed by atoms with Crippen LogP contribution in [-0.4, -0.2) is 37.3 Å². The average Bonchev–Trinajstić information content (AvgIpc) is 3.35. The summed E-state index contributed by atoms with van der Waals surface area (Å²) in [5, 5.41) is 11.3. The highest BCUT2D eigenvalue weighted by Crippen LogP contribution is 2.32. The maximum Gasteiger partial charge on any atom is 0.276 e. The number of benzene rings is 1. The van der Waals surface area contributed by atoms with Gasteiger partial charge >= 0.3 is 0 Å². The molecule has 7 heteroatoms. The first kappa shape index (κ1) is 16.9. The molecular weight excluding hydrogens is 346 g/mol. The molecular formula is C19H21N5OS. The van der Waals surface area contributed by atoms with Crippen LogP contribution in [0.25, 0.3) is 0 Å². The summed E-state index contributed by atoms with van der Waals surface area (Å²) in [6, 6.07) is 8.23. The molecule has 1 aliphatic rings. The lowest BCUT2D eigenvalue weighted by atomic mass is 10.0. The minimum Gasteiger partial charge on any atom is -0.328 e. The van der Waals surface area contributed by atoms with Crippen molar-refractivity contribution in [1.29, 1.82) is 0 Å². The molecule has 134 valence electrons. The average molecular weight is 367 g/mol. The van der Waals surface area contributed by atoms with Crippen molar-refractivity contribution in [1.82, 2.24) is 24.9 Å². The van der Waals surface area contributed by atoms with Gasteiger partial charge in [-0.25, -0.2) is 9.67 Å². The molecule has 1 unspecified atom stereocenters. The number of carbonyl (C=O) groups excluding carboxylic acids is 1. The molecule has 3 aromatic rings. The molecule has 6 nitrogen and oxygen atoms in total. The molecule has 0 radical (unpaired) electrons. The summed E-state index contributed by atoms with van der Waals surface area (Å²) in [6.45, 7) is 3.43. The summed E-state index contributed by atoms with van der Waals surface area (Å²) in [7, 11) is 0. The Hall–Kier alpha value is -2.54. The number of likely N-dealkylation sites (tertiary alicyclic amines) is 1. The number of rotatable bonds is 4. The first-order valence-electron chi connectivity index (χ1n) is 8.87. The Morgan fingerprint density at radius 3 is 3.00 bits per heavy atom. The van der Waals surface area contributed by atoms with E-state index in [1.165, 1.54) is 11.1 Å². The summed E-state index contributed by atoms with van der Waals surface area (Å²) in [6.07, 6.45) is 6.65. The summed E-state index contributed by atoms with van der Waals surface area (Å²) < 4.78 is 1.73. The van der Waals surface area contributed by atoms with E-state index in [-0.39, 0.29) is 11.9 Å². The Morgan fingerprint density at radius 1 is 1.31 bits per heavy atom. The molecule has 4 rings (SSSR count). The lowest BCUT2D eigenvalue weighted by molar-refractivity contribution is 0.0605. The standard InChI is InChI=1S/C19H21N5OS/c1-14-6-2-3-7-15(14)12-23-13-16(21-22-23)19(25)24-10-5-4-8-17(24)18-20-9-11-26-18/h2-3,6-7,9,11,13,17H,4-5,8,10,12H2,1H3. The third kappa shape index (κ3) is 3.39. The van der Waals surface area contributed by atoms with Gasteiger partial charge in [0.1, 0.15) is 5.01 Å². The molecule has 0 bridgehead atoms. The van der Waals surface area contributed by atoms with Gasteiger partial charge in [0.05, 0.1) is 18.8 Å². The monoisotopic (exact) mass is 367 g/mol. The van der Waals surface area contributed by atoms with Crippen molar-refractivity contribution in [2.75, 3.05) is 6.54 Å². The van der Waals surface area contributed by atoms with Crippen LogP contribution in [0.5, 0.6) is 0 Å². The molecule has 0 saturated carbocycles. The van der Waals surface area contributed by atoms with E-state index in [2.05, 4.69) is 34.4 Å². The van der Waals surface area contributed by atoms with Crippen LogP contribution in [0.4, 0.5) is 0 Å². The number of aromatic nitrogens is 4. The van der Waals surface area contributed by atoms with E-state index in [9.17, 15) is 4.79 Å². The Bertz CT molecular complexity index is 889. The predicted molar refractivity (Wildman–Crippen MR) is 100 cm³/mol.